The number of nitrogens with one attached hydrogen (secondary N) is 2. The van der Waals surface area contributed by atoms with E-state index in [-0.39, 0.29) is 29.4 Å². The molecule has 8 heteroatoms. The van der Waals surface area contributed by atoms with Gasteiger partial charge in [0.05, 0.1) is 11.5 Å². The number of aromatic nitrogens is 2. The van der Waals surface area contributed by atoms with E-state index in [0.29, 0.717) is 0 Å². The van der Waals surface area contributed by atoms with Crippen LogP contribution in [-0.4, -0.2) is 52.4 Å². The highest BCUT2D eigenvalue weighted by Gasteiger charge is 2.22. The fraction of sp³-hybridized carbons (Fsp3) is 0.400. The molecule has 1 aliphatic heterocycles. The molecule has 0 spiro atoms. The van der Waals surface area contributed by atoms with Crippen molar-refractivity contribution in [1.29, 1.82) is 0 Å². The van der Waals surface area contributed by atoms with Gasteiger partial charge in [-0.25, -0.2) is 9.97 Å². The second-order valence-electron chi connectivity index (χ2n) is 6.78. The smallest absolute Gasteiger partial charge is 0.234 e. The van der Waals surface area contributed by atoms with Gasteiger partial charge in [-0.1, -0.05) is 17.7 Å². The molecule has 0 saturated carbocycles. The molecule has 2 N–H and O–H groups in total. The summed E-state index contributed by atoms with van der Waals surface area (Å²) in [5.74, 6) is 1.15. The Bertz CT molecular complexity index is 777. The van der Waals surface area contributed by atoms with E-state index < -0.39 is 0 Å². The van der Waals surface area contributed by atoms with Crippen LogP contribution in [0.5, 0.6) is 0 Å². The van der Waals surface area contributed by atoms with Crippen molar-refractivity contribution in [1.82, 2.24) is 15.3 Å². The molecule has 0 aliphatic carbocycles. The van der Waals surface area contributed by atoms with Gasteiger partial charge in [-0.05, 0) is 38.0 Å². The number of rotatable bonds is 7. The number of hydrogen-bond acceptors (Lipinski definition) is 6. The van der Waals surface area contributed by atoms with Gasteiger partial charge in [0.25, 0.3) is 0 Å². The van der Waals surface area contributed by atoms with E-state index in [4.69, 9.17) is 0 Å². The minimum atomic E-state index is -0.0992. The lowest BCUT2D eigenvalue weighted by molar-refractivity contribution is -0.119. The lowest BCUT2D eigenvalue weighted by Crippen LogP contribution is -2.45. The van der Waals surface area contributed by atoms with Gasteiger partial charge in [0.2, 0.25) is 17.8 Å². The first-order chi connectivity index (χ1) is 13.6. The highest BCUT2D eigenvalue weighted by Crippen LogP contribution is 2.15. The van der Waals surface area contributed by atoms with Crippen LogP contribution < -0.4 is 15.5 Å². The summed E-state index contributed by atoms with van der Waals surface area (Å²) in [5.41, 5.74) is 1.92. The first kappa shape index (κ1) is 20.1. The highest BCUT2D eigenvalue weighted by atomic mass is 32.2. The Hall–Kier alpha value is -2.61. The van der Waals surface area contributed by atoms with Crippen LogP contribution >= 0.6 is 11.8 Å². The van der Waals surface area contributed by atoms with E-state index in [9.17, 15) is 9.59 Å². The summed E-state index contributed by atoms with van der Waals surface area (Å²) in [6, 6.07) is 9.61. The lowest BCUT2D eigenvalue weighted by Gasteiger charge is -2.32. The summed E-state index contributed by atoms with van der Waals surface area (Å²) in [6.07, 6.45) is 5.20. The molecule has 0 atom stereocenters. The number of carbonyl (C=O) groups excluding carboxylic acids is 2. The maximum Gasteiger partial charge on any atom is 0.234 e. The molecule has 0 bridgehead atoms. The predicted octanol–water partition coefficient (Wildman–Crippen LogP) is 2.24. The van der Waals surface area contributed by atoms with Gasteiger partial charge in [0, 0.05) is 37.2 Å². The molecule has 1 fully saturated rings. The standard InChI is InChI=1S/C20H25N5O2S/c1-15-3-5-16(6-4-15)23-18(26)13-28-14-19(27)24-17-7-11-25(12-8-17)20-21-9-2-10-22-20/h2-6,9-10,17H,7-8,11-14H2,1H3,(H,23,26)(H,24,27). The molecular formula is C20H25N5O2S. The van der Waals surface area contributed by atoms with Crippen LogP contribution in [0, 0.1) is 6.92 Å². The van der Waals surface area contributed by atoms with Crippen LogP contribution in [0.4, 0.5) is 11.6 Å². The highest BCUT2D eigenvalue weighted by molar-refractivity contribution is 8.00. The minimum Gasteiger partial charge on any atom is -0.353 e. The van der Waals surface area contributed by atoms with Crippen LogP contribution in [0.3, 0.4) is 0 Å². The molecule has 2 heterocycles. The summed E-state index contributed by atoms with van der Waals surface area (Å²) < 4.78 is 0. The first-order valence-electron chi connectivity index (χ1n) is 9.36. The minimum absolute atomic E-state index is 0.0254. The Kier molecular flexibility index (Phi) is 7.25. The zero-order valence-corrected chi connectivity index (χ0v) is 16.7. The largest absolute Gasteiger partial charge is 0.353 e. The molecule has 3 rings (SSSR count). The Morgan fingerprint density at radius 1 is 1.07 bits per heavy atom. The summed E-state index contributed by atoms with van der Waals surface area (Å²) >= 11 is 1.32. The van der Waals surface area contributed by atoms with E-state index in [1.54, 1.807) is 18.5 Å². The van der Waals surface area contributed by atoms with Gasteiger partial charge in [0.1, 0.15) is 0 Å². The maximum atomic E-state index is 12.1. The Labute approximate surface area is 169 Å². The summed E-state index contributed by atoms with van der Waals surface area (Å²) in [6.45, 7) is 3.64. The third-order valence-electron chi connectivity index (χ3n) is 4.50. The molecule has 1 aromatic heterocycles. The monoisotopic (exact) mass is 399 g/mol. The van der Waals surface area contributed by atoms with E-state index in [0.717, 1.165) is 43.1 Å². The number of hydrogen-bond donors (Lipinski definition) is 2. The molecule has 2 amide bonds. The molecule has 0 radical (unpaired) electrons. The zero-order chi connectivity index (χ0) is 19.8. The predicted molar refractivity (Wildman–Crippen MR) is 113 cm³/mol. The third kappa shape index (κ3) is 6.23. The van der Waals surface area contributed by atoms with E-state index >= 15 is 0 Å². The Morgan fingerprint density at radius 3 is 2.39 bits per heavy atom. The van der Waals surface area contributed by atoms with E-state index in [1.165, 1.54) is 11.8 Å². The molecule has 1 aromatic carbocycles. The molecule has 0 unspecified atom stereocenters. The quantitative estimate of drug-likeness (QED) is 0.743. The van der Waals surface area contributed by atoms with Crippen LogP contribution in [0.15, 0.2) is 42.7 Å². The first-order valence-corrected chi connectivity index (χ1v) is 10.5. The number of anilines is 2. The van der Waals surface area contributed by atoms with Gasteiger partial charge < -0.3 is 15.5 Å². The van der Waals surface area contributed by atoms with Gasteiger partial charge in [-0.15, -0.1) is 11.8 Å². The number of thioether (sulfide) groups is 1. The summed E-state index contributed by atoms with van der Waals surface area (Å²) in [4.78, 5) is 34.8. The van der Waals surface area contributed by atoms with Crippen molar-refractivity contribution in [2.45, 2.75) is 25.8 Å². The number of nitrogens with zero attached hydrogens (tertiary/aromatic N) is 3. The summed E-state index contributed by atoms with van der Waals surface area (Å²) in [7, 11) is 0. The summed E-state index contributed by atoms with van der Waals surface area (Å²) in [5, 5.41) is 5.90. The SMILES string of the molecule is Cc1ccc(NC(=O)CSCC(=O)NC2CCN(c3ncccn3)CC2)cc1. The third-order valence-corrected chi connectivity index (χ3v) is 5.43. The van der Waals surface area contributed by atoms with Crippen molar-refractivity contribution in [3.8, 4) is 0 Å². The van der Waals surface area contributed by atoms with Crippen molar-refractivity contribution in [3.05, 3.63) is 48.3 Å². The molecular weight excluding hydrogens is 374 g/mol. The molecule has 1 aliphatic rings. The van der Waals surface area contributed by atoms with Crippen molar-refractivity contribution in [2.75, 3.05) is 34.8 Å². The van der Waals surface area contributed by atoms with Crippen molar-refractivity contribution in [2.24, 2.45) is 0 Å². The normalized spacial score (nSPS) is 14.5. The fourth-order valence-electron chi connectivity index (χ4n) is 3.02. The van der Waals surface area contributed by atoms with Crippen LogP contribution in [0.25, 0.3) is 0 Å². The topological polar surface area (TPSA) is 87.2 Å². The Morgan fingerprint density at radius 2 is 1.71 bits per heavy atom. The number of benzene rings is 1. The molecule has 7 nitrogen and oxygen atoms in total. The fourth-order valence-corrected chi connectivity index (χ4v) is 3.65. The molecule has 2 aromatic rings. The van der Waals surface area contributed by atoms with Gasteiger partial charge in [-0.3, -0.25) is 9.59 Å². The van der Waals surface area contributed by atoms with Crippen LogP contribution in [-0.2, 0) is 9.59 Å². The second kappa shape index (κ2) is 10.1. The average Bonchev–Trinajstić information content (AvgIpc) is 2.71. The van der Waals surface area contributed by atoms with Crippen molar-refractivity contribution in [3.63, 3.8) is 0 Å². The lowest BCUT2D eigenvalue weighted by atomic mass is 10.1. The van der Waals surface area contributed by atoms with Crippen LogP contribution in [0.2, 0.25) is 0 Å². The molecule has 148 valence electrons. The molecule has 28 heavy (non-hydrogen) atoms. The molecule has 1 saturated heterocycles. The zero-order valence-electron chi connectivity index (χ0n) is 15.9. The van der Waals surface area contributed by atoms with Crippen molar-refractivity contribution < 1.29 is 9.59 Å². The van der Waals surface area contributed by atoms with Crippen LogP contribution in [0.1, 0.15) is 18.4 Å². The van der Waals surface area contributed by atoms with E-state index in [1.807, 2.05) is 31.2 Å². The van der Waals surface area contributed by atoms with E-state index in [2.05, 4.69) is 25.5 Å². The maximum absolute atomic E-state index is 12.1. The number of amides is 2. The number of piperidine rings is 1. The number of carbonyl (C=O) groups is 2. The van der Waals surface area contributed by atoms with Gasteiger partial charge in [0.15, 0.2) is 0 Å². The van der Waals surface area contributed by atoms with Gasteiger partial charge >= 0.3 is 0 Å². The second-order valence-corrected chi connectivity index (χ2v) is 7.77. The number of aryl methyl sites for hydroxylation is 1. The van der Waals surface area contributed by atoms with Crippen molar-refractivity contribution >= 4 is 35.2 Å². The van der Waals surface area contributed by atoms with Gasteiger partial charge in [-0.2, -0.15) is 0 Å². The Balaban J connectivity index is 1.31. The average molecular weight is 400 g/mol.